The van der Waals surface area contributed by atoms with Crippen molar-refractivity contribution in [3.63, 3.8) is 0 Å². The molecule has 2 heteroatoms. The zero-order valence-corrected chi connectivity index (χ0v) is 11.6. The van der Waals surface area contributed by atoms with E-state index in [-0.39, 0.29) is 6.04 Å². The van der Waals surface area contributed by atoms with Crippen molar-refractivity contribution in [2.24, 2.45) is 17.6 Å². The summed E-state index contributed by atoms with van der Waals surface area (Å²) in [5, 5.41) is 0. The molecule has 0 radical (unpaired) electrons. The SMILES string of the molecule is CCOc1cccc(C(N)C2CCC(C)CC2)c1. The van der Waals surface area contributed by atoms with Gasteiger partial charge in [0.1, 0.15) is 5.75 Å². The second-order valence-corrected chi connectivity index (χ2v) is 5.55. The highest BCUT2D eigenvalue weighted by atomic mass is 16.5. The van der Waals surface area contributed by atoms with Gasteiger partial charge in [0.15, 0.2) is 0 Å². The van der Waals surface area contributed by atoms with E-state index in [0.29, 0.717) is 12.5 Å². The lowest BCUT2D eigenvalue weighted by atomic mass is 9.78. The predicted octanol–water partition coefficient (Wildman–Crippen LogP) is 3.91. The van der Waals surface area contributed by atoms with E-state index < -0.39 is 0 Å². The lowest BCUT2D eigenvalue weighted by Crippen LogP contribution is -2.25. The van der Waals surface area contributed by atoms with Crippen LogP contribution in [0, 0.1) is 11.8 Å². The van der Waals surface area contributed by atoms with E-state index in [4.69, 9.17) is 10.5 Å². The third-order valence-electron chi connectivity index (χ3n) is 4.12. The molecular formula is C16H25NO. The molecule has 18 heavy (non-hydrogen) atoms. The number of rotatable bonds is 4. The average Bonchev–Trinajstić information content (AvgIpc) is 2.39. The number of benzene rings is 1. The van der Waals surface area contributed by atoms with E-state index >= 15 is 0 Å². The van der Waals surface area contributed by atoms with Crippen molar-refractivity contribution in [1.82, 2.24) is 0 Å². The molecule has 1 aromatic rings. The molecule has 1 unspecified atom stereocenters. The van der Waals surface area contributed by atoms with E-state index in [1.54, 1.807) is 0 Å². The first-order valence-electron chi connectivity index (χ1n) is 7.19. The molecule has 0 heterocycles. The Morgan fingerprint density at radius 3 is 2.67 bits per heavy atom. The summed E-state index contributed by atoms with van der Waals surface area (Å²) in [4.78, 5) is 0. The Labute approximate surface area is 111 Å². The van der Waals surface area contributed by atoms with Crippen LogP contribution in [0.25, 0.3) is 0 Å². The van der Waals surface area contributed by atoms with Gasteiger partial charge >= 0.3 is 0 Å². The second kappa shape index (κ2) is 6.24. The van der Waals surface area contributed by atoms with Crippen LogP contribution in [-0.4, -0.2) is 6.61 Å². The summed E-state index contributed by atoms with van der Waals surface area (Å²) in [7, 11) is 0. The van der Waals surface area contributed by atoms with E-state index in [1.807, 2.05) is 19.1 Å². The van der Waals surface area contributed by atoms with Gasteiger partial charge in [-0.15, -0.1) is 0 Å². The van der Waals surface area contributed by atoms with Gasteiger partial charge in [-0.1, -0.05) is 31.9 Å². The Hall–Kier alpha value is -1.02. The quantitative estimate of drug-likeness (QED) is 0.875. The molecule has 1 fully saturated rings. The summed E-state index contributed by atoms with van der Waals surface area (Å²) < 4.78 is 5.55. The van der Waals surface area contributed by atoms with Gasteiger partial charge in [0.2, 0.25) is 0 Å². The van der Waals surface area contributed by atoms with E-state index in [9.17, 15) is 0 Å². The number of nitrogens with two attached hydrogens (primary N) is 1. The van der Waals surface area contributed by atoms with Crippen LogP contribution in [0.5, 0.6) is 5.75 Å². The van der Waals surface area contributed by atoms with Crippen molar-refractivity contribution in [3.05, 3.63) is 29.8 Å². The van der Waals surface area contributed by atoms with Gasteiger partial charge in [-0.05, 0) is 49.3 Å². The van der Waals surface area contributed by atoms with Crippen LogP contribution in [-0.2, 0) is 0 Å². The predicted molar refractivity (Wildman–Crippen MR) is 75.7 cm³/mol. The van der Waals surface area contributed by atoms with Gasteiger partial charge in [0.25, 0.3) is 0 Å². The summed E-state index contributed by atoms with van der Waals surface area (Å²) in [6, 6.07) is 8.45. The largest absolute Gasteiger partial charge is 0.494 e. The zero-order chi connectivity index (χ0) is 13.0. The minimum atomic E-state index is 0.165. The van der Waals surface area contributed by atoms with E-state index in [1.165, 1.54) is 31.2 Å². The first-order chi connectivity index (χ1) is 8.70. The van der Waals surface area contributed by atoms with Crippen molar-refractivity contribution in [2.45, 2.75) is 45.6 Å². The normalized spacial score (nSPS) is 25.7. The molecule has 0 saturated heterocycles. The molecule has 1 atom stereocenters. The Bertz CT molecular complexity index is 369. The minimum absolute atomic E-state index is 0.165. The number of hydrogen-bond acceptors (Lipinski definition) is 2. The molecule has 2 rings (SSSR count). The Morgan fingerprint density at radius 2 is 2.00 bits per heavy atom. The van der Waals surface area contributed by atoms with E-state index in [0.717, 1.165) is 11.7 Å². The molecule has 2 N–H and O–H groups in total. The maximum Gasteiger partial charge on any atom is 0.119 e. The molecule has 1 saturated carbocycles. The van der Waals surface area contributed by atoms with Crippen molar-refractivity contribution >= 4 is 0 Å². The van der Waals surface area contributed by atoms with Gasteiger partial charge < -0.3 is 10.5 Å². The first kappa shape index (κ1) is 13.4. The van der Waals surface area contributed by atoms with Gasteiger partial charge in [0.05, 0.1) is 6.61 Å². The van der Waals surface area contributed by atoms with E-state index in [2.05, 4.69) is 19.1 Å². The molecule has 0 spiro atoms. The van der Waals surface area contributed by atoms with Crippen LogP contribution in [0.4, 0.5) is 0 Å². The molecule has 1 aliphatic carbocycles. The highest BCUT2D eigenvalue weighted by molar-refractivity contribution is 5.30. The highest BCUT2D eigenvalue weighted by Crippen LogP contribution is 2.36. The van der Waals surface area contributed by atoms with Gasteiger partial charge in [-0.3, -0.25) is 0 Å². The molecular weight excluding hydrogens is 222 g/mol. The summed E-state index contributed by atoms with van der Waals surface area (Å²) in [6.45, 7) is 5.06. The summed E-state index contributed by atoms with van der Waals surface area (Å²) in [5.41, 5.74) is 7.65. The Morgan fingerprint density at radius 1 is 1.28 bits per heavy atom. The molecule has 0 aliphatic heterocycles. The molecule has 100 valence electrons. The maximum atomic E-state index is 6.42. The van der Waals surface area contributed by atoms with Crippen LogP contribution < -0.4 is 10.5 Å². The minimum Gasteiger partial charge on any atom is -0.494 e. The standard InChI is InChI=1S/C16H25NO/c1-3-18-15-6-4-5-14(11-15)16(17)13-9-7-12(2)8-10-13/h4-6,11-13,16H,3,7-10,17H2,1-2H3. The fraction of sp³-hybridized carbons (Fsp3) is 0.625. The summed E-state index contributed by atoms with van der Waals surface area (Å²) in [6.07, 6.45) is 5.18. The molecule has 0 amide bonds. The molecule has 0 aromatic heterocycles. The highest BCUT2D eigenvalue weighted by Gasteiger charge is 2.24. The third kappa shape index (κ3) is 3.26. The van der Waals surface area contributed by atoms with Crippen molar-refractivity contribution in [1.29, 1.82) is 0 Å². The first-order valence-corrected chi connectivity index (χ1v) is 7.19. The smallest absolute Gasteiger partial charge is 0.119 e. The van der Waals surface area contributed by atoms with Crippen LogP contribution in [0.1, 0.15) is 51.1 Å². The molecule has 0 bridgehead atoms. The zero-order valence-electron chi connectivity index (χ0n) is 11.6. The van der Waals surface area contributed by atoms with Crippen LogP contribution >= 0.6 is 0 Å². The Balaban J connectivity index is 2.03. The second-order valence-electron chi connectivity index (χ2n) is 5.55. The maximum absolute atomic E-state index is 6.42. The lowest BCUT2D eigenvalue weighted by Gasteiger charge is -2.31. The van der Waals surface area contributed by atoms with Crippen molar-refractivity contribution < 1.29 is 4.74 Å². The summed E-state index contributed by atoms with van der Waals surface area (Å²) >= 11 is 0. The number of ether oxygens (including phenoxy) is 1. The monoisotopic (exact) mass is 247 g/mol. The van der Waals surface area contributed by atoms with Crippen LogP contribution in [0.3, 0.4) is 0 Å². The van der Waals surface area contributed by atoms with Crippen molar-refractivity contribution in [3.8, 4) is 5.75 Å². The molecule has 1 aromatic carbocycles. The van der Waals surface area contributed by atoms with Crippen molar-refractivity contribution in [2.75, 3.05) is 6.61 Å². The van der Waals surface area contributed by atoms with Gasteiger partial charge in [-0.2, -0.15) is 0 Å². The summed E-state index contributed by atoms with van der Waals surface area (Å²) in [5.74, 6) is 2.45. The molecule has 1 aliphatic rings. The van der Waals surface area contributed by atoms with Gasteiger partial charge in [0, 0.05) is 6.04 Å². The fourth-order valence-corrected chi connectivity index (χ4v) is 2.90. The fourth-order valence-electron chi connectivity index (χ4n) is 2.90. The van der Waals surface area contributed by atoms with Crippen LogP contribution in [0.2, 0.25) is 0 Å². The van der Waals surface area contributed by atoms with Gasteiger partial charge in [-0.25, -0.2) is 0 Å². The Kier molecular flexibility index (Phi) is 4.65. The third-order valence-corrected chi connectivity index (χ3v) is 4.12. The molecule has 2 nitrogen and oxygen atoms in total. The number of hydrogen-bond donors (Lipinski definition) is 1. The topological polar surface area (TPSA) is 35.2 Å². The average molecular weight is 247 g/mol. The lowest BCUT2D eigenvalue weighted by molar-refractivity contribution is 0.255. The van der Waals surface area contributed by atoms with Crippen LogP contribution in [0.15, 0.2) is 24.3 Å².